The molecule has 5 nitrogen and oxygen atoms in total. The molecule has 0 radical (unpaired) electrons. The maximum atomic E-state index is 10.8. The number of piperidine rings is 1. The van der Waals surface area contributed by atoms with Crippen molar-refractivity contribution >= 4 is 0 Å². The molecule has 1 saturated carbocycles. The lowest BCUT2D eigenvalue weighted by Crippen LogP contribution is -2.50. The van der Waals surface area contributed by atoms with Crippen LogP contribution in [0.3, 0.4) is 0 Å². The van der Waals surface area contributed by atoms with Gasteiger partial charge in [0.1, 0.15) is 17.4 Å². The maximum absolute atomic E-state index is 10.8. The number of benzene rings is 1. The summed E-state index contributed by atoms with van der Waals surface area (Å²) in [6.45, 7) is 5.15. The van der Waals surface area contributed by atoms with Crippen molar-refractivity contribution in [2.75, 3.05) is 13.1 Å². The fourth-order valence-electron chi connectivity index (χ4n) is 5.27. The SMILES string of the molecule is Cc1cccc(CN2CCC3(CC2)CC(O)c2nn(C4CCCC4)cc2O3)c1. The van der Waals surface area contributed by atoms with Crippen molar-refractivity contribution in [3.05, 3.63) is 47.3 Å². The Morgan fingerprint density at radius 1 is 1.21 bits per heavy atom. The summed E-state index contributed by atoms with van der Waals surface area (Å²) in [5.41, 5.74) is 3.20. The van der Waals surface area contributed by atoms with Crippen LogP contribution in [0, 0.1) is 6.92 Å². The van der Waals surface area contributed by atoms with Crippen molar-refractivity contribution in [1.82, 2.24) is 14.7 Å². The van der Waals surface area contributed by atoms with Crippen LogP contribution < -0.4 is 4.74 Å². The summed E-state index contributed by atoms with van der Waals surface area (Å²) >= 11 is 0. The Kier molecular flexibility index (Phi) is 4.68. The number of ether oxygens (including phenoxy) is 1. The molecule has 1 aromatic heterocycles. The number of aliphatic hydroxyl groups excluding tert-OH is 1. The van der Waals surface area contributed by atoms with E-state index in [9.17, 15) is 5.11 Å². The third-order valence-electron chi connectivity index (χ3n) is 6.89. The van der Waals surface area contributed by atoms with Crippen LogP contribution >= 0.6 is 0 Å². The van der Waals surface area contributed by atoms with E-state index < -0.39 is 6.10 Å². The third-order valence-corrected chi connectivity index (χ3v) is 6.89. The molecule has 2 aromatic rings. The van der Waals surface area contributed by atoms with Gasteiger partial charge < -0.3 is 9.84 Å². The lowest BCUT2D eigenvalue weighted by Gasteiger charge is -2.44. The number of nitrogens with zero attached hydrogens (tertiary/aromatic N) is 3. The quantitative estimate of drug-likeness (QED) is 0.867. The Morgan fingerprint density at radius 2 is 2.00 bits per heavy atom. The summed E-state index contributed by atoms with van der Waals surface area (Å²) in [4.78, 5) is 2.51. The van der Waals surface area contributed by atoms with Gasteiger partial charge >= 0.3 is 0 Å². The highest BCUT2D eigenvalue weighted by Gasteiger charge is 2.44. The molecule has 5 rings (SSSR count). The first-order chi connectivity index (χ1) is 13.6. The number of fused-ring (bicyclic) bond motifs is 1. The number of likely N-dealkylation sites (tertiary alicyclic amines) is 1. The number of aromatic nitrogens is 2. The molecule has 1 saturated heterocycles. The van der Waals surface area contributed by atoms with E-state index in [4.69, 9.17) is 9.84 Å². The van der Waals surface area contributed by atoms with Crippen LogP contribution in [-0.2, 0) is 6.54 Å². The van der Waals surface area contributed by atoms with Gasteiger partial charge in [-0.1, -0.05) is 42.7 Å². The van der Waals surface area contributed by atoms with Crippen LogP contribution in [0.2, 0.25) is 0 Å². The molecule has 1 unspecified atom stereocenters. The minimum Gasteiger partial charge on any atom is -0.483 e. The maximum Gasteiger partial charge on any atom is 0.163 e. The Balaban J connectivity index is 1.26. The second-order valence-electron chi connectivity index (χ2n) is 9.07. The Morgan fingerprint density at radius 3 is 2.75 bits per heavy atom. The van der Waals surface area contributed by atoms with Gasteiger partial charge in [0.2, 0.25) is 0 Å². The van der Waals surface area contributed by atoms with E-state index in [2.05, 4.69) is 47.0 Å². The number of rotatable bonds is 3. The van der Waals surface area contributed by atoms with E-state index in [1.165, 1.54) is 36.8 Å². The molecule has 150 valence electrons. The molecule has 0 bridgehead atoms. The first kappa shape index (κ1) is 18.2. The van der Waals surface area contributed by atoms with E-state index in [0.29, 0.717) is 12.5 Å². The van der Waals surface area contributed by atoms with Gasteiger partial charge in [-0.3, -0.25) is 9.58 Å². The zero-order valence-electron chi connectivity index (χ0n) is 16.8. The number of aryl methyl sites for hydroxylation is 1. The van der Waals surface area contributed by atoms with Crippen LogP contribution in [0.5, 0.6) is 5.75 Å². The molecule has 1 spiro atoms. The van der Waals surface area contributed by atoms with E-state index in [0.717, 1.165) is 43.9 Å². The number of hydrogen-bond donors (Lipinski definition) is 1. The summed E-state index contributed by atoms with van der Waals surface area (Å²) in [5.74, 6) is 0.817. The van der Waals surface area contributed by atoms with Gasteiger partial charge in [0.05, 0.1) is 12.2 Å². The van der Waals surface area contributed by atoms with Crippen LogP contribution in [0.25, 0.3) is 0 Å². The van der Waals surface area contributed by atoms with Crippen LogP contribution in [-0.4, -0.2) is 38.5 Å². The van der Waals surface area contributed by atoms with Crippen molar-refractivity contribution in [2.24, 2.45) is 0 Å². The zero-order valence-corrected chi connectivity index (χ0v) is 16.8. The van der Waals surface area contributed by atoms with E-state index in [1.807, 2.05) is 0 Å². The summed E-state index contributed by atoms with van der Waals surface area (Å²) in [6, 6.07) is 9.25. The summed E-state index contributed by atoms with van der Waals surface area (Å²) in [7, 11) is 0. The standard InChI is InChI=1S/C23H31N3O2/c1-17-5-4-6-18(13-17)15-25-11-9-23(10-12-25)14-20(27)22-21(28-23)16-26(24-22)19-7-2-3-8-19/h4-6,13,16,19-20,27H,2-3,7-12,14-15H2,1H3. The second kappa shape index (κ2) is 7.20. The van der Waals surface area contributed by atoms with Gasteiger partial charge in [0.25, 0.3) is 0 Å². The van der Waals surface area contributed by atoms with Gasteiger partial charge in [-0.05, 0) is 38.2 Å². The van der Waals surface area contributed by atoms with Gasteiger partial charge in [-0.25, -0.2) is 0 Å². The molecule has 1 N–H and O–H groups in total. The van der Waals surface area contributed by atoms with Gasteiger partial charge in [0.15, 0.2) is 5.75 Å². The Hall–Kier alpha value is -1.85. The molecule has 0 amide bonds. The predicted octanol–water partition coefficient (Wildman–Crippen LogP) is 4.16. The van der Waals surface area contributed by atoms with Crippen molar-refractivity contribution in [2.45, 2.75) is 76.2 Å². The smallest absolute Gasteiger partial charge is 0.163 e. The van der Waals surface area contributed by atoms with Crippen LogP contribution in [0.4, 0.5) is 0 Å². The number of hydrogen-bond acceptors (Lipinski definition) is 4. The summed E-state index contributed by atoms with van der Waals surface area (Å²) in [6.07, 6.45) is 9.07. The van der Waals surface area contributed by atoms with Gasteiger partial charge in [0, 0.05) is 26.1 Å². The first-order valence-electron chi connectivity index (χ1n) is 10.8. The molecule has 3 aliphatic rings. The third kappa shape index (κ3) is 3.46. The molecule has 5 heteroatoms. The Labute approximate surface area is 167 Å². The van der Waals surface area contributed by atoms with E-state index in [1.54, 1.807) is 0 Å². The monoisotopic (exact) mass is 381 g/mol. The second-order valence-corrected chi connectivity index (χ2v) is 9.07. The zero-order chi connectivity index (χ0) is 19.1. The van der Waals surface area contributed by atoms with Gasteiger partial charge in [-0.15, -0.1) is 0 Å². The average molecular weight is 382 g/mol. The summed E-state index contributed by atoms with van der Waals surface area (Å²) < 4.78 is 8.58. The minimum atomic E-state index is -0.505. The fraction of sp³-hybridized carbons (Fsp3) is 0.609. The molecule has 1 aliphatic carbocycles. The Bertz CT molecular complexity index is 832. The average Bonchev–Trinajstić information content (AvgIpc) is 3.33. The molecule has 28 heavy (non-hydrogen) atoms. The van der Waals surface area contributed by atoms with Gasteiger partial charge in [-0.2, -0.15) is 5.10 Å². The van der Waals surface area contributed by atoms with Crippen molar-refractivity contribution in [3.8, 4) is 5.75 Å². The highest BCUT2D eigenvalue weighted by Crippen LogP contribution is 2.45. The number of aliphatic hydroxyl groups is 1. The molecule has 1 aromatic carbocycles. The molecular weight excluding hydrogens is 350 g/mol. The first-order valence-corrected chi connectivity index (χ1v) is 10.8. The topological polar surface area (TPSA) is 50.5 Å². The normalized spacial score (nSPS) is 25.0. The molecule has 1 atom stereocenters. The molecule has 2 fully saturated rings. The fourth-order valence-corrected chi connectivity index (χ4v) is 5.27. The van der Waals surface area contributed by atoms with Crippen molar-refractivity contribution in [3.63, 3.8) is 0 Å². The molecule has 2 aliphatic heterocycles. The van der Waals surface area contributed by atoms with Crippen molar-refractivity contribution in [1.29, 1.82) is 0 Å². The minimum absolute atomic E-state index is 0.237. The van der Waals surface area contributed by atoms with E-state index >= 15 is 0 Å². The molecular formula is C23H31N3O2. The molecule has 3 heterocycles. The lowest BCUT2D eigenvalue weighted by molar-refractivity contribution is -0.0559. The van der Waals surface area contributed by atoms with Crippen LogP contribution in [0.1, 0.15) is 73.9 Å². The lowest BCUT2D eigenvalue weighted by atomic mass is 9.83. The predicted molar refractivity (Wildman–Crippen MR) is 108 cm³/mol. The highest BCUT2D eigenvalue weighted by atomic mass is 16.5. The van der Waals surface area contributed by atoms with Crippen molar-refractivity contribution < 1.29 is 9.84 Å². The summed E-state index contributed by atoms with van der Waals surface area (Å²) in [5, 5.41) is 15.5. The largest absolute Gasteiger partial charge is 0.483 e. The highest BCUT2D eigenvalue weighted by molar-refractivity contribution is 5.31. The van der Waals surface area contributed by atoms with E-state index in [-0.39, 0.29) is 5.60 Å². The van der Waals surface area contributed by atoms with Crippen LogP contribution in [0.15, 0.2) is 30.5 Å².